The van der Waals surface area contributed by atoms with Crippen LogP contribution in [-0.2, 0) is 4.74 Å². The van der Waals surface area contributed by atoms with Crippen molar-refractivity contribution in [3.63, 3.8) is 0 Å². The first kappa shape index (κ1) is 10.9. The van der Waals surface area contributed by atoms with E-state index < -0.39 is 0 Å². The lowest BCUT2D eigenvalue weighted by atomic mass is 10.2. The summed E-state index contributed by atoms with van der Waals surface area (Å²) in [6.07, 6.45) is 5.43. The van der Waals surface area contributed by atoms with Crippen LogP contribution in [0.2, 0.25) is 0 Å². The standard InChI is InChI=1S/C11H15N3O2/c12-11(13)9-3-4-14-6-10(9)16-7-8-2-1-5-15-8/h3-4,6,8H,1-2,5,7H2,(H3,12,13). The van der Waals surface area contributed by atoms with Crippen molar-refractivity contribution >= 4 is 5.84 Å². The minimum absolute atomic E-state index is 0.00950. The van der Waals surface area contributed by atoms with Crippen LogP contribution in [0.25, 0.3) is 0 Å². The molecule has 0 aromatic carbocycles. The number of nitrogens with one attached hydrogen (secondary N) is 1. The van der Waals surface area contributed by atoms with Crippen molar-refractivity contribution in [3.8, 4) is 5.75 Å². The van der Waals surface area contributed by atoms with E-state index in [1.165, 1.54) is 0 Å². The van der Waals surface area contributed by atoms with Gasteiger partial charge in [0.2, 0.25) is 0 Å². The van der Waals surface area contributed by atoms with Gasteiger partial charge in [-0.05, 0) is 18.9 Å². The molecule has 0 amide bonds. The van der Waals surface area contributed by atoms with E-state index in [2.05, 4.69) is 4.98 Å². The first-order valence-electron chi connectivity index (χ1n) is 5.30. The van der Waals surface area contributed by atoms with Crippen molar-refractivity contribution in [2.45, 2.75) is 18.9 Å². The van der Waals surface area contributed by atoms with Crippen LogP contribution in [0.15, 0.2) is 18.5 Å². The fraction of sp³-hybridized carbons (Fsp3) is 0.455. The molecule has 2 rings (SSSR count). The Morgan fingerprint density at radius 3 is 3.25 bits per heavy atom. The molecule has 0 bridgehead atoms. The zero-order valence-electron chi connectivity index (χ0n) is 8.98. The molecule has 1 aliphatic rings. The minimum Gasteiger partial charge on any atom is -0.488 e. The van der Waals surface area contributed by atoms with Crippen LogP contribution in [0.1, 0.15) is 18.4 Å². The summed E-state index contributed by atoms with van der Waals surface area (Å²) in [6.45, 7) is 1.30. The van der Waals surface area contributed by atoms with Gasteiger partial charge in [0.25, 0.3) is 0 Å². The number of nitrogens with two attached hydrogens (primary N) is 1. The Morgan fingerprint density at radius 1 is 1.69 bits per heavy atom. The minimum atomic E-state index is -0.00950. The summed E-state index contributed by atoms with van der Waals surface area (Å²) in [4.78, 5) is 3.95. The van der Waals surface area contributed by atoms with Gasteiger partial charge in [-0.25, -0.2) is 0 Å². The quantitative estimate of drug-likeness (QED) is 0.585. The van der Waals surface area contributed by atoms with E-state index in [1.807, 2.05) is 0 Å². The maximum atomic E-state index is 7.40. The van der Waals surface area contributed by atoms with E-state index in [9.17, 15) is 0 Å². The monoisotopic (exact) mass is 221 g/mol. The number of amidine groups is 1. The number of rotatable bonds is 4. The summed E-state index contributed by atoms with van der Waals surface area (Å²) >= 11 is 0. The van der Waals surface area contributed by atoms with Gasteiger partial charge in [0.1, 0.15) is 18.2 Å². The lowest BCUT2D eigenvalue weighted by molar-refractivity contribution is 0.0677. The third kappa shape index (κ3) is 2.49. The molecule has 0 radical (unpaired) electrons. The number of nitrogens with zero attached hydrogens (tertiary/aromatic N) is 1. The van der Waals surface area contributed by atoms with E-state index in [0.717, 1.165) is 19.4 Å². The Kier molecular flexibility index (Phi) is 3.36. The molecule has 5 heteroatoms. The molecule has 0 spiro atoms. The summed E-state index contributed by atoms with van der Waals surface area (Å²) in [7, 11) is 0. The van der Waals surface area contributed by atoms with E-state index in [0.29, 0.717) is 17.9 Å². The molecule has 1 saturated heterocycles. The highest BCUT2D eigenvalue weighted by atomic mass is 16.5. The average molecular weight is 221 g/mol. The lowest BCUT2D eigenvalue weighted by Crippen LogP contribution is -2.19. The van der Waals surface area contributed by atoms with Crippen molar-refractivity contribution < 1.29 is 9.47 Å². The Labute approximate surface area is 94.1 Å². The molecule has 1 unspecified atom stereocenters. The van der Waals surface area contributed by atoms with Crippen LogP contribution in [-0.4, -0.2) is 30.1 Å². The topological polar surface area (TPSA) is 81.2 Å². The number of aromatic nitrogens is 1. The molecular formula is C11H15N3O2. The smallest absolute Gasteiger partial charge is 0.148 e. The third-order valence-corrected chi connectivity index (χ3v) is 2.52. The van der Waals surface area contributed by atoms with E-state index in [1.54, 1.807) is 18.5 Å². The van der Waals surface area contributed by atoms with E-state index in [4.69, 9.17) is 20.6 Å². The van der Waals surface area contributed by atoms with Crippen LogP contribution >= 0.6 is 0 Å². The van der Waals surface area contributed by atoms with Gasteiger partial charge in [-0.2, -0.15) is 0 Å². The number of hydrogen-bond acceptors (Lipinski definition) is 4. The Hall–Kier alpha value is -1.62. The van der Waals surface area contributed by atoms with Gasteiger partial charge in [-0.3, -0.25) is 10.4 Å². The average Bonchev–Trinajstić information content (AvgIpc) is 2.79. The molecular weight excluding hydrogens is 206 g/mol. The van der Waals surface area contributed by atoms with Crippen molar-refractivity contribution in [1.82, 2.24) is 4.98 Å². The zero-order valence-corrected chi connectivity index (χ0v) is 8.98. The SMILES string of the molecule is N=C(N)c1ccncc1OCC1CCCO1. The fourth-order valence-corrected chi connectivity index (χ4v) is 1.68. The number of hydrogen-bond donors (Lipinski definition) is 2. The molecule has 1 atom stereocenters. The molecule has 1 aliphatic heterocycles. The Morgan fingerprint density at radius 2 is 2.56 bits per heavy atom. The molecule has 2 heterocycles. The highest BCUT2D eigenvalue weighted by molar-refractivity contribution is 5.97. The van der Waals surface area contributed by atoms with Crippen LogP contribution in [0.4, 0.5) is 0 Å². The van der Waals surface area contributed by atoms with E-state index in [-0.39, 0.29) is 11.9 Å². The highest BCUT2D eigenvalue weighted by Gasteiger charge is 2.17. The highest BCUT2D eigenvalue weighted by Crippen LogP contribution is 2.18. The normalized spacial score (nSPS) is 19.6. The van der Waals surface area contributed by atoms with E-state index >= 15 is 0 Å². The van der Waals surface area contributed by atoms with Gasteiger partial charge < -0.3 is 15.2 Å². The van der Waals surface area contributed by atoms with Crippen LogP contribution in [0.5, 0.6) is 5.75 Å². The Bertz CT molecular complexity index is 375. The second-order valence-corrected chi connectivity index (χ2v) is 3.73. The summed E-state index contributed by atoms with van der Waals surface area (Å²) in [5.74, 6) is 0.537. The number of pyridine rings is 1. The summed E-state index contributed by atoms with van der Waals surface area (Å²) in [6, 6.07) is 1.67. The molecule has 1 aromatic heterocycles. The van der Waals surface area contributed by atoms with Gasteiger partial charge in [-0.1, -0.05) is 0 Å². The first-order valence-corrected chi connectivity index (χ1v) is 5.30. The van der Waals surface area contributed by atoms with Gasteiger partial charge >= 0.3 is 0 Å². The van der Waals surface area contributed by atoms with Gasteiger partial charge in [0.15, 0.2) is 0 Å². The molecule has 5 nitrogen and oxygen atoms in total. The number of ether oxygens (including phenoxy) is 2. The van der Waals surface area contributed by atoms with Gasteiger partial charge in [0, 0.05) is 12.8 Å². The maximum absolute atomic E-state index is 7.40. The second kappa shape index (κ2) is 4.94. The molecule has 0 aliphatic carbocycles. The van der Waals surface area contributed by atoms with Crippen LogP contribution in [0.3, 0.4) is 0 Å². The zero-order chi connectivity index (χ0) is 11.4. The van der Waals surface area contributed by atoms with Gasteiger partial charge in [0.05, 0.1) is 17.9 Å². The second-order valence-electron chi connectivity index (χ2n) is 3.73. The molecule has 3 N–H and O–H groups in total. The maximum Gasteiger partial charge on any atom is 0.148 e. The number of nitrogen functional groups attached to an aromatic ring is 1. The largest absolute Gasteiger partial charge is 0.488 e. The predicted octanol–water partition coefficient (Wildman–Crippen LogP) is 0.923. The Balaban J connectivity index is 2.00. The van der Waals surface area contributed by atoms with Crippen LogP contribution in [0, 0.1) is 5.41 Å². The predicted molar refractivity (Wildman–Crippen MR) is 59.7 cm³/mol. The van der Waals surface area contributed by atoms with Crippen molar-refractivity contribution in [2.75, 3.05) is 13.2 Å². The molecule has 1 fully saturated rings. The van der Waals surface area contributed by atoms with Crippen molar-refractivity contribution in [3.05, 3.63) is 24.0 Å². The van der Waals surface area contributed by atoms with Crippen molar-refractivity contribution in [1.29, 1.82) is 5.41 Å². The summed E-state index contributed by atoms with van der Waals surface area (Å²) in [5.41, 5.74) is 6.02. The summed E-state index contributed by atoms with van der Waals surface area (Å²) in [5, 5.41) is 7.40. The molecule has 0 saturated carbocycles. The summed E-state index contributed by atoms with van der Waals surface area (Å²) < 4.78 is 11.0. The van der Waals surface area contributed by atoms with Crippen molar-refractivity contribution in [2.24, 2.45) is 5.73 Å². The fourth-order valence-electron chi connectivity index (χ4n) is 1.68. The van der Waals surface area contributed by atoms with Crippen LogP contribution < -0.4 is 10.5 Å². The molecule has 86 valence electrons. The van der Waals surface area contributed by atoms with Gasteiger partial charge in [-0.15, -0.1) is 0 Å². The molecule has 16 heavy (non-hydrogen) atoms. The third-order valence-electron chi connectivity index (χ3n) is 2.52. The first-order chi connectivity index (χ1) is 7.77. The molecule has 1 aromatic rings. The lowest BCUT2D eigenvalue weighted by Gasteiger charge is -2.13.